The van der Waals surface area contributed by atoms with Gasteiger partial charge in [0.05, 0.1) is 17.6 Å². The van der Waals surface area contributed by atoms with Crippen LogP contribution < -0.4 is 11.1 Å². The number of nitrogens with zero attached hydrogens (tertiary/aromatic N) is 4. The number of aryl methyl sites for hydroxylation is 3. The van der Waals surface area contributed by atoms with Gasteiger partial charge in [-0.25, -0.2) is 0 Å². The van der Waals surface area contributed by atoms with Crippen molar-refractivity contribution in [2.75, 3.05) is 5.73 Å². The standard InChI is InChI=1S/C12H18N6O/c1-4-18-11(10(13)8(2)16-18)12(19)14-5-9-6-15-17(3)7-9/h6-7H,4-5,13H2,1-3H3,(H,14,19). The molecule has 0 aliphatic carbocycles. The number of rotatable bonds is 4. The van der Waals surface area contributed by atoms with Crippen molar-refractivity contribution in [3.8, 4) is 0 Å². The van der Waals surface area contributed by atoms with Crippen LogP contribution in [0, 0.1) is 6.92 Å². The molecule has 19 heavy (non-hydrogen) atoms. The summed E-state index contributed by atoms with van der Waals surface area (Å²) >= 11 is 0. The van der Waals surface area contributed by atoms with E-state index in [9.17, 15) is 4.79 Å². The predicted molar refractivity (Wildman–Crippen MR) is 71.4 cm³/mol. The maximum absolute atomic E-state index is 12.2. The average Bonchev–Trinajstić information content (AvgIpc) is 2.92. The second-order valence-corrected chi connectivity index (χ2v) is 4.37. The van der Waals surface area contributed by atoms with Crippen molar-refractivity contribution in [2.24, 2.45) is 7.05 Å². The smallest absolute Gasteiger partial charge is 0.271 e. The highest BCUT2D eigenvalue weighted by Crippen LogP contribution is 2.16. The zero-order chi connectivity index (χ0) is 14.0. The number of hydrogen-bond acceptors (Lipinski definition) is 4. The molecule has 7 heteroatoms. The van der Waals surface area contributed by atoms with Crippen LogP contribution in [-0.2, 0) is 20.1 Å². The van der Waals surface area contributed by atoms with Crippen LogP contribution in [0.15, 0.2) is 12.4 Å². The first-order valence-corrected chi connectivity index (χ1v) is 6.11. The lowest BCUT2D eigenvalue weighted by Gasteiger charge is -2.06. The van der Waals surface area contributed by atoms with Gasteiger partial charge in [-0.05, 0) is 13.8 Å². The van der Waals surface area contributed by atoms with Crippen molar-refractivity contribution < 1.29 is 4.79 Å². The second kappa shape index (κ2) is 5.13. The van der Waals surface area contributed by atoms with Gasteiger partial charge in [0.2, 0.25) is 0 Å². The Hall–Kier alpha value is -2.31. The summed E-state index contributed by atoms with van der Waals surface area (Å²) in [6, 6.07) is 0. The highest BCUT2D eigenvalue weighted by Gasteiger charge is 2.18. The number of anilines is 1. The van der Waals surface area contributed by atoms with Gasteiger partial charge in [-0.1, -0.05) is 0 Å². The molecular formula is C12H18N6O. The molecule has 0 fully saturated rings. The Labute approximate surface area is 111 Å². The zero-order valence-corrected chi connectivity index (χ0v) is 11.3. The SMILES string of the molecule is CCn1nc(C)c(N)c1C(=O)NCc1cnn(C)c1. The van der Waals surface area contributed by atoms with Gasteiger partial charge >= 0.3 is 0 Å². The molecule has 0 aromatic carbocycles. The Morgan fingerprint density at radius 3 is 2.84 bits per heavy atom. The predicted octanol–water partition coefficient (Wildman–Crippen LogP) is 0.457. The van der Waals surface area contributed by atoms with Crippen molar-refractivity contribution in [2.45, 2.75) is 26.9 Å². The molecule has 0 unspecified atom stereocenters. The van der Waals surface area contributed by atoms with Crippen LogP contribution in [0.2, 0.25) is 0 Å². The third-order valence-electron chi connectivity index (χ3n) is 2.90. The Bertz CT molecular complexity index is 597. The summed E-state index contributed by atoms with van der Waals surface area (Å²) in [4.78, 5) is 12.2. The number of hydrogen-bond donors (Lipinski definition) is 2. The molecule has 0 radical (unpaired) electrons. The van der Waals surface area contributed by atoms with Crippen LogP contribution in [0.1, 0.15) is 28.7 Å². The fraction of sp³-hybridized carbons (Fsp3) is 0.417. The number of carbonyl (C=O) groups is 1. The van der Waals surface area contributed by atoms with Gasteiger partial charge in [-0.15, -0.1) is 0 Å². The minimum Gasteiger partial charge on any atom is -0.395 e. The number of nitrogens with two attached hydrogens (primary N) is 1. The molecule has 0 saturated heterocycles. The van der Waals surface area contributed by atoms with Gasteiger partial charge < -0.3 is 11.1 Å². The fourth-order valence-corrected chi connectivity index (χ4v) is 1.89. The van der Waals surface area contributed by atoms with Crippen LogP contribution in [0.5, 0.6) is 0 Å². The summed E-state index contributed by atoms with van der Waals surface area (Å²) in [6.07, 6.45) is 3.57. The van der Waals surface area contributed by atoms with Crippen LogP contribution in [0.4, 0.5) is 5.69 Å². The molecule has 3 N–H and O–H groups in total. The van der Waals surface area contributed by atoms with Crippen LogP contribution in [-0.4, -0.2) is 25.5 Å². The molecular weight excluding hydrogens is 244 g/mol. The van der Waals surface area contributed by atoms with E-state index in [4.69, 9.17) is 5.73 Å². The van der Waals surface area contributed by atoms with E-state index in [1.165, 1.54) is 0 Å². The van der Waals surface area contributed by atoms with Gasteiger partial charge in [0.25, 0.3) is 5.91 Å². The van der Waals surface area contributed by atoms with Gasteiger partial charge in [0.15, 0.2) is 0 Å². The van der Waals surface area contributed by atoms with E-state index in [0.717, 1.165) is 5.56 Å². The highest BCUT2D eigenvalue weighted by molar-refractivity contribution is 5.97. The molecule has 102 valence electrons. The van der Waals surface area contributed by atoms with Gasteiger partial charge in [-0.2, -0.15) is 10.2 Å². The van der Waals surface area contributed by atoms with Gasteiger partial charge in [-0.3, -0.25) is 14.2 Å². The van der Waals surface area contributed by atoms with Crippen molar-refractivity contribution in [1.82, 2.24) is 24.9 Å². The summed E-state index contributed by atoms with van der Waals surface area (Å²) in [5.41, 5.74) is 8.36. The molecule has 0 bridgehead atoms. The molecule has 2 aromatic heterocycles. The maximum atomic E-state index is 12.2. The minimum atomic E-state index is -0.219. The first-order chi connectivity index (χ1) is 9.02. The van der Waals surface area contributed by atoms with Crippen molar-refractivity contribution in [3.05, 3.63) is 29.3 Å². The number of carbonyl (C=O) groups excluding carboxylic acids is 1. The fourth-order valence-electron chi connectivity index (χ4n) is 1.89. The third-order valence-corrected chi connectivity index (χ3v) is 2.90. The Balaban J connectivity index is 2.12. The van der Waals surface area contributed by atoms with E-state index in [1.807, 2.05) is 20.2 Å². The van der Waals surface area contributed by atoms with Crippen LogP contribution in [0.25, 0.3) is 0 Å². The van der Waals surface area contributed by atoms with E-state index in [2.05, 4.69) is 15.5 Å². The first kappa shape index (κ1) is 13.1. The normalized spacial score (nSPS) is 10.7. The molecule has 0 spiro atoms. The van der Waals surface area contributed by atoms with E-state index < -0.39 is 0 Å². The molecule has 1 amide bonds. The molecule has 2 rings (SSSR count). The first-order valence-electron chi connectivity index (χ1n) is 6.11. The van der Waals surface area contributed by atoms with E-state index >= 15 is 0 Å². The molecule has 7 nitrogen and oxygen atoms in total. The van der Waals surface area contributed by atoms with Crippen molar-refractivity contribution >= 4 is 11.6 Å². The summed E-state index contributed by atoms with van der Waals surface area (Å²) in [7, 11) is 1.83. The number of aromatic nitrogens is 4. The van der Waals surface area contributed by atoms with Crippen LogP contribution >= 0.6 is 0 Å². The van der Waals surface area contributed by atoms with E-state index in [-0.39, 0.29) is 5.91 Å². The Morgan fingerprint density at radius 1 is 1.53 bits per heavy atom. The lowest BCUT2D eigenvalue weighted by molar-refractivity contribution is 0.0941. The van der Waals surface area contributed by atoms with Crippen molar-refractivity contribution in [1.29, 1.82) is 0 Å². The topological polar surface area (TPSA) is 90.8 Å². The monoisotopic (exact) mass is 262 g/mol. The van der Waals surface area contributed by atoms with Gasteiger partial charge in [0.1, 0.15) is 5.69 Å². The Morgan fingerprint density at radius 2 is 2.26 bits per heavy atom. The van der Waals surface area contributed by atoms with E-state index in [0.29, 0.717) is 30.2 Å². The molecule has 0 aliphatic rings. The third kappa shape index (κ3) is 2.59. The Kier molecular flexibility index (Phi) is 3.55. The largest absolute Gasteiger partial charge is 0.395 e. The quantitative estimate of drug-likeness (QED) is 0.837. The molecule has 0 saturated carbocycles. The summed E-state index contributed by atoms with van der Waals surface area (Å²) in [5, 5.41) is 11.1. The second-order valence-electron chi connectivity index (χ2n) is 4.37. The molecule has 2 heterocycles. The summed E-state index contributed by atoms with van der Waals surface area (Å²) < 4.78 is 3.31. The minimum absolute atomic E-state index is 0.219. The van der Waals surface area contributed by atoms with E-state index in [1.54, 1.807) is 22.5 Å². The number of nitrogen functional groups attached to an aromatic ring is 1. The molecule has 0 aliphatic heterocycles. The molecule has 0 atom stereocenters. The van der Waals surface area contributed by atoms with Crippen molar-refractivity contribution in [3.63, 3.8) is 0 Å². The lowest BCUT2D eigenvalue weighted by Crippen LogP contribution is -2.26. The van der Waals surface area contributed by atoms with Crippen LogP contribution in [0.3, 0.4) is 0 Å². The summed E-state index contributed by atoms with van der Waals surface area (Å²) in [6.45, 7) is 4.73. The average molecular weight is 262 g/mol. The van der Waals surface area contributed by atoms with Gasteiger partial charge in [0, 0.05) is 31.9 Å². The molecule has 2 aromatic rings. The number of amides is 1. The highest BCUT2D eigenvalue weighted by atomic mass is 16.2. The lowest BCUT2D eigenvalue weighted by atomic mass is 10.2. The maximum Gasteiger partial charge on any atom is 0.271 e. The number of nitrogens with one attached hydrogen (secondary N) is 1. The zero-order valence-electron chi connectivity index (χ0n) is 11.3. The summed E-state index contributed by atoms with van der Waals surface area (Å²) in [5.74, 6) is -0.219.